The number of hydrogen-bond acceptors (Lipinski definition) is 3. The molecule has 2 N–H and O–H groups in total. The molecule has 0 aliphatic rings. The number of pyridine rings is 1. The molecule has 0 aliphatic heterocycles. The summed E-state index contributed by atoms with van der Waals surface area (Å²) in [7, 11) is 1.66. The van der Waals surface area contributed by atoms with Crippen molar-refractivity contribution >= 4 is 0 Å². The van der Waals surface area contributed by atoms with Gasteiger partial charge >= 0.3 is 0 Å². The van der Waals surface area contributed by atoms with E-state index in [9.17, 15) is 0 Å². The number of benzene rings is 1. The van der Waals surface area contributed by atoms with Crippen LogP contribution in [0.3, 0.4) is 0 Å². The second-order valence-corrected chi connectivity index (χ2v) is 4.62. The lowest BCUT2D eigenvalue weighted by molar-refractivity contribution is 0.385. The first-order valence-electron chi connectivity index (χ1n) is 5.96. The van der Waals surface area contributed by atoms with Gasteiger partial charge in [0, 0.05) is 29.4 Å². The van der Waals surface area contributed by atoms with E-state index in [-0.39, 0.29) is 0 Å². The molecule has 1 heterocycles. The first kappa shape index (κ1) is 12.6. The third-order valence-electron chi connectivity index (χ3n) is 3.00. The highest BCUT2D eigenvalue weighted by molar-refractivity contribution is 5.39. The molecule has 0 amide bonds. The second kappa shape index (κ2) is 5.19. The molecule has 1 unspecified atom stereocenters. The van der Waals surface area contributed by atoms with Gasteiger partial charge in [0.15, 0.2) is 0 Å². The summed E-state index contributed by atoms with van der Waals surface area (Å²) in [6, 6.07) is 13.7. The normalized spacial score (nSPS) is 13.9. The van der Waals surface area contributed by atoms with Crippen molar-refractivity contribution < 1.29 is 4.74 Å². The van der Waals surface area contributed by atoms with E-state index in [1.54, 1.807) is 13.3 Å². The fourth-order valence-electron chi connectivity index (χ4n) is 2.09. The van der Waals surface area contributed by atoms with Gasteiger partial charge in [0.05, 0.1) is 7.11 Å². The fraction of sp³-hybridized carbons (Fsp3) is 0.267. The maximum absolute atomic E-state index is 6.43. The summed E-state index contributed by atoms with van der Waals surface area (Å²) in [4.78, 5) is 4.32. The minimum absolute atomic E-state index is 0.499. The Morgan fingerprint density at radius 2 is 1.89 bits per heavy atom. The summed E-state index contributed by atoms with van der Waals surface area (Å²) in [5.41, 5.74) is 7.91. The van der Waals surface area contributed by atoms with Gasteiger partial charge in [-0.15, -0.1) is 0 Å². The molecule has 0 radical (unpaired) electrons. The van der Waals surface area contributed by atoms with Crippen LogP contribution in [0.15, 0.2) is 48.7 Å². The molecule has 1 aromatic heterocycles. The molecule has 2 rings (SSSR count). The van der Waals surface area contributed by atoms with Crippen LogP contribution in [-0.4, -0.2) is 12.1 Å². The zero-order valence-electron chi connectivity index (χ0n) is 10.8. The zero-order chi connectivity index (χ0) is 13.0. The van der Waals surface area contributed by atoms with Crippen molar-refractivity contribution in [2.45, 2.75) is 18.9 Å². The van der Waals surface area contributed by atoms with Crippen LogP contribution in [0, 0.1) is 0 Å². The molecule has 18 heavy (non-hydrogen) atoms. The Morgan fingerprint density at radius 3 is 2.56 bits per heavy atom. The molecule has 0 fully saturated rings. The fourth-order valence-corrected chi connectivity index (χ4v) is 2.09. The topological polar surface area (TPSA) is 48.1 Å². The summed E-state index contributed by atoms with van der Waals surface area (Å²) in [6.07, 6.45) is 2.46. The molecule has 2 aromatic rings. The minimum Gasteiger partial charge on any atom is -0.496 e. The first-order chi connectivity index (χ1) is 8.63. The van der Waals surface area contributed by atoms with Crippen molar-refractivity contribution in [1.82, 2.24) is 4.98 Å². The molecule has 3 nitrogen and oxygen atoms in total. The zero-order valence-corrected chi connectivity index (χ0v) is 10.8. The molecule has 1 aromatic carbocycles. The predicted molar refractivity (Wildman–Crippen MR) is 72.5 cm³/mol. The molecule has 3 heteroatoms. The van der Waals surface area contributed by atoms with E-state index >= 15 is 0 Å². The van der Waals surface area contributed by atoms with Crippen LogP contribution < -0.4 is 10.5 Å². The lowest BCUT2D eigenvalue weighted by atomic mass is 9.87. The summed E-state index contributed by atoms with van der Waals surface area (Å²) in [5, 5.41) is 0. The minimum atomic E-state index is -0.499. The number of para-hydroxylation sites is 1. The van der Waals surface area contributed by atoms with Crippen LogP contribution in [0.1, 0.15) is 18.2 Å². The van der Waals surface area contributed by atoms with Crippen molar-refractivity contribution in [1.29, 1.82) is 0 Å². The Morgan fingerprint density at radius 1 is 1.17 bits per heavy atom. The van der Waals surface area contributed by atoms with E-state index in [2.05, 4.69) is 4.98 Å². The van der Waals surface area contributed by atoms with Crippen LogP contribution in [0.5, 0.6) is 5.75 Å². The van der Waals surface area contributed by atoms with Gasteiger partial charge < -0.3 is 10.5 Å². The molecule has 0 spiro atoms. The smallest absolute Gasteiger partial charge is 0.123 e. The Balaban J connectivity index is 2.30. The van der Waals surface area contributed by atoms with Crippen LogP contribution in [0.4, 0.5) is 0 Å². The Kier molecular flexibility index (Phi) is 3.63. The molecule has 0 bridgehead atoms. The van der Waals surface area contributed by atoms with Gasteiger partial charge in [-0.2, -0.15) is 0 Å². The van der Waals surface area contributed by atoms with Gasteiger partial charge in [-0.25, -0.2) is 0 Å². The lowest BCUT2D eigenvalue weighted by Crippen LogP contribution is -2.36. The number of ether oxygens (including phenoxy) is 1. The van der Waals surface area contributed by atoms with Crippen LogP contribution >= 0.6 is 0 Å². The van der Waals surface area contributed by atoms with E-state index in [0.29, 0.717) is 6.42 Å². The van der Waals surface area contributed by atoms with E-state index in [0.717, 1.165) is 17.0 Å². The monoisotopic (exact) mass is 242 g/mol. The van der Waals surface area contributed by atoms with Crippen LogP contribution in [0.25, 0.3) is 0 Å². The number of rotatable bonds is 4. The number of nitrogens with zero attached hydrogens (tertiary/aromatic N) is 1. The largest absolute Gasteiger partial charge is 0.496 e. The molecule has 1 atom stereocenters. The van der Waals surface area contributed by atoms with Crippen LogP contribution in [-0.2, 0) is 12.0 Å². The van der Waals surface area contributed by atoms with Crippen molar-refractivity contribution in [2.24, 2.45) is 5.73 Å². The van der Waals surface area contributed by atoms with E-state index in [4.69, 9.17) is 10.5 Å². The SMILES string of the molecule is COc1ccccc1C(C)(N)Cc1ccccn1. The highest BCUT2D eigenvalue weighted by atomic mass is 16.5. The van der Waals surface area contributed by atoms with Gasteiger partial charge in [0.2, 0.25) is 0 Å². The summed E-state index contributed by atoms with van der Waals surface area (Å²) < 4.78 is 5.37. The first-order valence-corrected chi connectivity index (χ1v) is 5.96. The van der Waals surface area contributed by atoms with Crippen molar-refractivity contribution in [3.63, 3.8) is 0 Å². The predicted octanol–water partition coefficient (Wildman–Crippen LogP) is 2.51. The number of hydrogen-bond donors (Lipinski definition) is 1. The highest BCUT2D eigenvalue weighted by Crippen LogP contribution is 2.29. The summed E-state index contributed by atoms with van der Waals surface area (Å²) in [6.45, 7) is 2.00. The van der Waals surface area contributed by atoms with Gasteiger partial charge in [-0.1, -0.05) is 24.3 Å². The summed E-state index contributed by atoms with van der Waals surface area (Å²) >= 11 is 0. The lowest BCUT2D eigenvalue weighted by Gasteiger charge is -2.26. The second-order valence-electron chi connectivity index (χ2n) is 4.62. The van der Waals surface area contributed by atoms with E-state index in [1.165, 1.54) is 0 Å². The number of nitrogens with two attached hydrogens (primary N) is 1. The van der Waals surface area contributed by atoms with Gasteiger partial charge in [-0.3, -0.25) is 4.98 Å². The molecule has 0 saturated heterocycles. The highest BCUT2D eigenvalue weighted by Gasteiger charge is 2.25. The Bertz CT molecular complexity index is 509. The quantitative estimate of drug-likeness (QED) is 0.896. The molecule has 0 saturated carbocycles. The van der Waals surface area contributed by atoms with Crippen molar-refractivity contribution in [2.75, 3.05) is 7.11 Å². The van der Waals surface area contributed by atoms with E-state index in [1.807, 2.05) is 49.4 Å². The van der Waals surface area contributed by atoms with Crippen LogP contribution in [0.2, 0.25) is 0 Å². The molecule has 0 aliphatic carbocycles. The molecular formula is C15H18N2O. The maximum Gasteiger partial charge on any atom is 0.123 e. The average Bonchev–Trinajstić information content (AvgIpc) is 2.39. The van der Waals surface area contributed by atoms with Gasteiger partial charge in [-0.05, 0) is 25.1 Å². The maximum atomic E-state index is 6.43. The summed E-state index contributed by atoms with van der Waals surface area (Å²) in [5.74, 6) is 0.818. The molecule has 94 valence electrons. The molecular weight excluding hydrogens is 224 g/mol. The average molecular weight is 242 g/mol. The van der Waals surface area contributed by atoms with Crippen molar-refractivity contribution in [3.8, 4) is 5.75 Å². The number of aromatic nitrogens is 1. The third-order valence-corrected chi connectivity index (χ3v) is 3.00. The van der Waals surface area contributed by atoms with Gasteiger partial charge in [0.25, 0.3) is 0 Å². The Labute approximate surface area is 108 Å². The van der Waals surface area contributed by atoms with Gasteiger partial charge in [0.1, 0.15) is 5.75 Å². The number of methoxy groups -OCH3 is 1. The third kappa shape index (κ3) is 2.68. The van der Waals surface area contributed by atoms with E-state index < -0.39 is 5.54 Å². The Hall–Kier alpha value is -1.87. The standard InChI is InChI=1S/C15H18N2O/c1-15(16,11-12-7-5-6-10-17-12)13-8-3-4-9-14(13)18-2/h3-10H,11,16H2,1-2H3. The van der Waals surface area contributed by atoms with Crippen molar-refractivity contribution in [3.05, 3.63) is 59.9 Å².